The Kier molecular flexibility index (Phi) is 7.29. The highest BCUT2D eigenvalue weighted by molar-refractivity contribution is 5.92. The van der Waals surface area contributed by atoms with Gasteiger partial charge in [0, 0.05) is 12.6 Å². The van der Waals surface area contributed by atoms with Gasteiger partial charge in [-0.3, -0.25) is 9.69 Å². The zero-order valence-electron chi connectivity index (χ0n) is 12.7. The van der Waals surface area contributed by atoms with Gasteiger partial charge in [-0.15, -0.1) is 0 Å². The molecular weight excluding hydrogens is 307 g/mol. The Hall–Kier alpha value is -2.33. The SMILES string of the molecule is CN(CCCNC(=O)/C=C/c1ccccc1C#N)CC(F)(F)F. The molecule has 1 aromatic carbocycles. The molecule has 124 valence electrons. The van der Waals surface area contributed by atoms with Crippen molar-refractivity contribution in [1.82, 2.24) is 10.2 Å². The minimum atomic E-state index is -4.21. The van der Waals surface area contributed by atoms with E-state index in [1.165, 1.54) is 19.2 Å². The Morgan fingerprint density at radius 2 is 2.09 bits per heavy atom. The molecule has 1 amide bonds. The van der Waals surface area contributed by atoms with E-state index in [1.807, 2.05) is 6.07 Å². The van der Waals surface area contributed by atoms with Crippen LogP contribution in [0.25, 0.3) is 6.08 Å². The van der Waals surface area contributed by atoms with Crippen LogP contribution in [0, 0.1) is 11.3 Å². The number of halogens is 3. The summed E-state index contributed by atoms with van der Waals surface area (Å²) >= 11 is 0. The highest BCUT2D eigenvalue weighted by atomic mass is 19.4. The summed E-state index contributed by atoms with van der Waals surface area (Å²) in [6, 6.07) is 8.87. The molecule has 23 heavy (non-hydrogen) atoms. The number of nitrogens with one attached hydrogen (secondary N) is 1. The van der Waals surface area contributed by atoms with Crippen molar-refractivity contribution in [2.75, 3.05) is 26.7 Å². The first kappa shape index (κ1) is 18.7. The number of benzene rings is 1. The molecule has 4 nitrogen and oxygen atoms in total. The number of nitrogens with zero attached hydrogens (tertiary/aromatic N) is 2. The average molecular weight is 325 g/mol. The molecule has 0 aliphatic rings. The summed E-state index contributed by atoms with van der Waals surface area (Å²) in [6.07, 6.45) is -0.963. The van der Waals surface area contributed by atoms with Crippen LogP contribution in [-0.2, 0) is 4.79 Å². The topological polar surface area (TPSA) is 56.1 Å². The maximum atomic E-state index is 12.1. The predicted octanol–water partition coefficient (Wildman–Crippen LogP) is 2.57. The molecule has 0 aliphatic carbocycles. The molecule has 0 radical (unpaired) electrons. The fraction of sp³-hybridized carbons (Fsp3) is 0.375. The number of nitriles is 1. The second kappa shape index (κ2) is 8.96. The van der Waals surface area contributed by atoms with E-state index in [2.05, 4.69) is 5.32 Å². The van der Waals surface area contributed by atoms with Crippen LogP contribution in [0.2, 0.25) is 0 Å². The van der Waals surface area contributed by atoms with Crippen LogP contribution >= 0.6 is 0 Å². The van der Waals surface area contributed by atoms with Gasteiger partial charge in [-0.2, -0.15) is 18.4 Å². The van der Waals surface area contributed by atoms with Crippen LogP contribution in [0.15, 0.2) is 30.3 Å². The van der Waals surface area contributed by atoms with Crippen LogP contribution < -0.4 is 5.32 Å². The molecule has 0 spiro atoms. The van der Waals surface area contributed by atoms with E-state index in [4.69, 9.17) is 5.26 Å². The Morgan fingerprint density at radius 1 is 1.39 bits per heavy atom. The maximum absolute atomic E-state index is 12.1. The molecule has 0 saturated carbocycles. The van der Waals surface area contributed by atoms with Crippen molar-refractivity contribution in [3.63, 3.8) is 0 Å². The standard InChI is InChI=1S/C16H18F3N3O/c1-22(12-16(17,18)19)10-4-9-21-15(23)8-7-13-5-2-3-6-14(13)11-20/h2-3,5-8H,4,9-10,12H2,1H3,(H,21,23)/b8-7+. The lowest BCUT2D eigenvalue weighted by molar-refractivity contribution is -0.143. The molecule has 0 saturated heterocycles. The second-order valence-corrected chi connectivity index (χ2v) is 5.03. The molecule has 0 aromatic heterocycles. The molecule has 1 N–H and O–H groups in total. The summed E-state index contributed by atoms with van der Waals surface area (Å²) < 4.78 is 36.4. The predicted molar refractivity (Wildman–Crippen MR) is 81.4 cm³/mol. The van der Waals surface area contributed by atoms with Crippen LogP contribution in [-0.4, -0.2) is 43.7 Å². The number of amides is 1. The molecule has 1 rings (SSSR count). The smallest absolute Gasteiger partial charge is 0.353 e. The first-order valence-corrected chi connectivity index (χ1v) is 7.02. The molecule has 0 heterocycles. The summed E-state index contributed by atoms with van der Waals surface area (Å²) in [7, 11) is 1.38. The Balaban J connectivity index is 2.32. The first-order chi connectivity index (χ1) is 10.8. The van der Waals surface area contributed by atoms with E-state index in [1.54, 1.807) is 24.3 Å². The molecule has 0 unspecified atom stereocenters. The van der Waals surface area contributed by atoms with E-state index >= 15 is 0 Å². The third-order valence-electron chi connectivity index (χ3n) is 2.96. The van der Waals surface area contributed by atoms with Crippen molar-refractivity contribution < 1.29 is 18.0 Å². The van der Waals surface area contributed by atoms with Crippen molar-refractivity contribution in [2.24, 2.45) is 0 Å². The zero-order chi connectivity index (χ0) is 17.3. The molecular formula is C16H18F3N3O. The van der Waals surface area contributed by atoms with E-state index in [9.17, 15) is 18.0 Å². The lowest BCUT2D eigenvalue weighted by Gasteiger charge is -2.18. The van der Waals surface area contributed by atoms with Crippen LogP contribution in [0.1, 0.15) is 17.5 Å². The van der Waals surface area contributed by atoms with Gasteiger partial charge in [-0.1, -0.05) is 18.2 Å². The third kappa shape index (κ3) is 8.02. The van der Waals surface area contributed by atoms with Gasteiger partial charge in [-0.05, 0) is 37.7 Å². The van der Waals surface area contributed by atoms with E-state index < -0.39 is 12.7 Å². The molecule has 0 bridgehead atoms. The number of hydrogen-bond donors (Lipinski definition) is 1. The van der Waals surface area contributed by atoms with E-state index in [-0.39, 0.29) is 19.0 Å². The van der Waals surface area contributed by atoms with Gasteiger partial charge < -0.3 is 5.32 Å². The highest BCUT2D eigenvalue weighted by Crippen LogP contribution is 2.15. The summed E-state index contributed by atoms with van der Waals surface area (Å²) in [4.78, 5) is 12.8. The van der Waals surface area contributed by atoms with Crippen LogP contribution in [0.4, 0.5) is 13.2 Å². The highest BCUT2D eigenvalue weighted by Gasteiger charge is 2.28. The fourth-order valence-electron chi connectivity index (χ4n) is 1.91. The maximum Gasteiger partial charge on any atom is 0.401 e. The fourth-order valence-corrected chi connectivity index (χ4v) is 1.91. The molecule has 0 fully saturated rings. The molecule has 1 aromatic rings. The largest absolute Gasteiger partial charge is 0.401 e. The minimum Gasteiger partial charge on any atom is -0.353 e. The lowest BCUT2D eigenvalue weighted by atomic mass is 10.1. The van der Waals surface area contributed by atoms with Gasteiger partial charge in [0.2, 0.25) is 5.91 Å². The van der Waals surface area contributed by atoms with Crippen molar-refractivity contribution in [2.45, 2.75) is 12.6 Å². The normalized spacial score (nSPS) is 11.7. The van der Waals surface area contributed by atoms with Crippen molar-refractivity contribution >= 4 is 12.0 Å². The van der Waals surface area contributed by atoms with Crippen molar-refractivity contribution in [3.05, 3.63) is 41.5 Å². The number of carbonyl (C=O) groups is 1. The summed E-state index contributed by atoms with van der Waals surface area (Å²) in [5, 5.41) is 11.5. The second-order valence-electron chi connectivity index (χ2n) is 5.03. The third-order valence-corrected chi connectivity index (χ3v) is 2.96. The van der Waals surface area contributed by atoms with Gasteiger partial charge in [0.05, 0.1) is 18.2 Å². The minimum absolute atomic E-state index is 0.237. The van der Waals surface area contributed by atoms with Gasteiger partial charge in [0.25, 0.3) is 0 Å². The summed E-state index contributed by atoms with van der Waals surface area (Å²) in [6.45, 7) is -0.447. The Labute approximate surface area is 133 Å². The number of alkyl halides is 3. The number of rotatable bonds is 7. The van der Waals surface area contributed by atoms with Gasteiger partial charge in [-0.25, -0.2) is 0 Å². The lowest BCUT2D eigenvalue weighted by Crippen LogP contribution is -2.33. The molecule has 0 atom stereocenters. The van der Waals surface area contributed by atoms with Crippen LogP contribution in [0.3, 0.4) is 0 Å². The number of carbonyl (C=O) groups excluding carboxylic acids is 1. The average Bonchev–Trinajstić information content (AvgIpc) is 2.48. The van der Waals surface area contributed by atoms with E-state index in [0.717, 1.165) is 4.90 Å². The van der Waals surface area contributed by atoms with Gasteiger partial charge in [0.1, 0.15) is 0 Å². The zero-order valence-corrected chi connectivity index (χ0v) is 12.7. The Bertz CT molecular complexity index is 591. The first-order valence-electron chi connectivity index (χ1n) is 7.02. The van der Waals surface area contributed by atoms with Crippen LogP contribution in [0.5, 0.6) is 0 Å². The summed E-state index contributed by atoms with van der Waals surface area (Å²) in [5.41, 5.74) is 1.10. The van der Waals surface area contributed by atoms with E-state index in [0.29, 0.717) is 17.5 Å². The molecule has 0 aliphatic heterocycles. The van der Waals surface area contributed by atoms with Crippen molar-refractivity contribution in [1.29, 1.82) is 5.26 Å². The van der Waals surface area contributed by atoms with Gasteiger partial charge >= 0.3 is 6.18 Å². The summed E-state index contributed by atoms with van der Waals surface area (Å²) in [5.74, 6) is -0.351. The monoisotopic (exact) mass is 325 g/mol. The molecule has 7 heteroatoms. The Morgan fingerprint density at radius 3 is 2.74 bits per heavy atom. The number of hydrogen-bond acceptors (Lipinski definition) is 3. The van der Waals surface area contributed by atoms with Gasteiger partial charge in [0.15, 0.2) is 0 Å². The quantitative estimate of drug-likeness (QED) is 0.619. The van der Waals surface area contributed by atoms with Crippen molar-refractivity contribution in [3.8, 4) is 6.07 Å².